The molecule has 0 spiro atoms. The van der Waals surface area contributed by atoms with Gasteiger partial charge in [0.1, 0.15) is 0 Å². The molecule has 0 fully saturated rings. The molecule has 0 saturated heterocycles. The number of nitrogens with zero attached hydrogens (tertiary/aromatic N) is 5. The Morgan fingerprint density at radius 2 is 1.70 bits per heavy atom. The van der Waals surface area contributed by atoms with Gasteiger partial charge in [0.05, 0.1) is 11.0 Å². The summed E-state index contributed by atoms with van der Waals surface area (Å²) in [5, 5.41) is 15.4. The minimum absolute atomic E-state index is 0.613. The van der Waals surface area contributed by atoms with Gasteiger partial charge in [0.15, 0.2) is 5.82 Å². The molecule has 6 heteroatoms. The van der Waals surface area contributed by atoms with Gasteiger partial charge in [-0.1, -0.05) is 12.1 Å². The van der Waals surface area contributed by atoms with Crippen molar-refractivity contribution in [3.63, 3.8) is 0 Å². The SMILES string of the molecule is Cc1cc(C)cc(Nc2nc3ccc(C)cc3n3nnnc23)c1. The van der Waals surface area contributed by atoms with E-state index in [1.54, 1.807) is 4.52 Å². The number of anilines is 2. The number of hydrogen-bond donors (Lipinski definition) is 1. The predicted octanol–water partition coefficient (Wildman–Crippen LogP) is 3.34. The molecule has 0 radical (unpaired) electrons. The summed E-state index contributed by atoms with van der Waals surface area (Å²) in [6.07, 6.45) is 0. The van der Waals surface area contributed by atoms with E-state index in [-0.39, 0.29) is 0 Å². The van der Waals surface area contributed by atoms with Crippen LogP contribution in [-0.2, 0) is 0 Å². The predicted molar refractivity (Wildman–Crippen MR) is 90.0 cm³/mol. The molecule has 2 aromatic heterocycles. The van der Waals surface area contributed by atoms with Crippen LogP contribution in [0.15, 0.2) is 36.4 Å². The first-order valence-corrected chi connectivity index (χ1v) is 7.44. The van der Waals surface area contributed by atoms with E-state index in [9.17, 15) is 0 Å². The number of aromatic nitrogens is 5. The standard InChI is InChI=1S/C17H16N6/c1-10-4-5-14-15(9-10)23-17(20-21-22-23)16(19-14)18-13-7-11(2)6-12(3)8-13/h4-9H,1-3H3,(H,18,19). The Balaban J connectivity index is 1.91. The van der Waals surface area contributed by atoms with Crippen LogP contribution in [0.5, 0.6) is 0 Å². The molecule has 114 valence electrons. The maximum absolute atomic E-state index is 4.70. The first kappa shape index (κ1) is 13.6. The molecule has 0 aliphatic carbocycles. The number of tetrazole rings is 1. The molecular formula is C17H16N6. The number of fused-ring (bicyclic) bond motifs is 3. The molecule has 2 heterocycles. The molecule has 0 aliphatic heterocycles. The third-order valence-corrected chi connectivity index (χ3v) is 3.76. The second-order valence-corrected chi connectivity index (χ2v) is 5.87. The smallest absolute Gasteiger partial charge is 0.222 e. The molecule has 1 N–H and O–H groups in total. The summed E-state index contributed by atoms with van der Waals surface area (Å²) in [7, 11) is 0. The van der Waals surface area contributed by atoms with Crippen LogP contribution in [0.2, 0.25) is 0 Å². The molecule has 6 nitrogen and oxygen atoms in total. The van der Waals surface area contributed by atoms with Gasteiger partial charge in [-0.25, -0.2) is 4.98 Å². The van der Waals surface area contributed by atoms with Crippen LogP contribution in [0, 0.1) is 20.8 Å². The van der Waals surface area contributed by atoms with Gasteiger partial charge in [0.25, 0.3) is 0 Å². The van der Waals surface area contributed by atoms with Crippen LogP contribution in [-0.4, -0.2) is 25.0 Å². The summed E-state index contributed by atoms with van der Waals surface area (Å²) < 4.78 is 1.72. The summed E-state index contributed by atoms with van der Waals surface area (Å²) in [5.74, 6) is 0.649. The molecule has 23 heavy (non-hydrogen) atoms. The minimum Gasteiger partial charge on any atom is -0.337 e. The van der Waals surface area contributed by atoms with E-state index >= 15 is 0 Å². The monoisotopic (exact) mass is 304 g/mol. The van der Waals surface area contributed by atoms with Gasteiger partial charge in [-0.15, -0.1) is 5.10 Å². The Morgan fingerprint density at radius 3 is 2.48 bits per heavy atom. The molecule has 4 aromatic rings. The van der Waals surface area contributed by atoms with Crippen LogP contribution in [0.3, 0.4) is 0 Å². The average molecular weight is 304 g/mol. The van der Waals surface area contributed by atoms with Crippen LogP contribution >= 0.6 is 0 Å². The van der Waals surface area contributed by atoms with Crippen molar-refractivity contribution >= 4 is 28.2 Å². The Hall–Kier alpha value is -3.02. The van der Waals surface area contributed by atoms with Crippen molar-refractivity contribution in [2.75, 3.05) is 5.32 Å². The topological polar surface area (TPSA) is 68.0 Å². The van der Waals surface area contributed by atoms with Crippen molar-refractivity contribution in [3.05, 3.63) is 53.1 Å². The number of aryl methyl sites for hydroxylation is 3. The molecule has 4 rings (SSSR count). The molecule has 0 atom stereocenters. The first-order valence-electron chi connectivity index (χ1n) is 7.44. The van der Waals surface area contributed by atoms with Crippen molar-refractivity contribution < 1.29 is 0 Å². The molecular weight excluding hydrogens is 288 g/mol. The van der Waals surface area contributed by atoms with Crippen molar-refractivity contribution in [1.82, 2.24) is 25.0 Å². The zero-order valence-electron chi connectivity index (χ0n) is 13.2. The van der Waals surface area contributed by atoms with E-state index in [0.717, 1.165) is 22.3 Å². The van der Waals surface area contributed by atoms with Crippen LogP contribution < -0.4 is 5.32 Å². The molecule has 2 aromatic carbocycles. The Bertz CT molecular complexity index is 1010. The summed E-state index contributed by atoms with van der Waals surface area (Å²) in [4.78, 5) is 4.70. The summed E-state index contributed by atoms with van der Waals surface area (Å²) >= 11 is 0. The van der Waals surface area contributed by atoms with Gasteiger partial charge in [-0.2, -0.15) is 4.52 Å². The lowest BCUT2D eigenvalue weighted by Gasteiger charge is -2.10. The Morgan fingerprint density at radius 1 is 0.913 bits per heavy atom. The van der Waals surface area contributed by atoms with E-state index in [2.05, 4.69) is 52.9 Å². The molecule has 0 bridgehead atoms. The minimum atomic E-state index is 0.613. The molecule has 0 aliphatic rings. The van der Waals surface area contributed by atoms with Crippen molar-refractivity contribution in [2.45, 2.75) is 20.8 Å². The number of hydrogen-bond acceptors (Lipinski definition) is 5. The van der Waals surface area contributed by atoms with Crippen LogP contribution in [0.25, 0.3) is 16.7 Å². The van der Waals surface area contributed by atoms with Gasteiger partial charge in [-0.05, 0) is 72.2 Å². The van der Waals surface area contributed by atoms with Gasteiger partial charge in [0, 0.05) is 5.69 Å². The fourth-order valence-corrected chi connectivity index (χ4v) is 2.83. The van der Waals surface area contributed by atoms with Crippen LogP contribution in [0.1, 0.15) is 16.7 Å². The van der Waals surface area contributed by atoms with Gasteiger partial charge < -0.3 is 5.32 Å². The quantitative estimate of drug-likeness (QED) is 0.615. The summed E-state index contributed by atoms with van der Waals surface area (Å²) in [6, 6.07) is 12.3. The lowest BCUT2D eigenvalue weighted by atomic mass is 10.1. The number of nitrogens with one attached hydrogen (secondary N) is 1. The lowest BCUT2D eigenvalue weighted by molar-refractivity contribution is 0.840. The zero-order chi connectivity index (χ0) is 16.0. The maximum Gasteiger partial charge on any atom is 0.222 e. The highest BCUT2D eigenvalue weighted by molar-refractivity contribution is 5.84. The fraction of sp³-hybridized carbons (Fsp3) is 0.176. The van der Waals surface area contributed by atoms with E-state index in [0.29, 0.717) is 11.5 Å². The average Bonchev–Trinajstić information content (AvgIpc) is 2.97. The van der Waals surface area contributed by atoms with Crippen molar-refractivity contribution in [1.29, 1.82) is 0 Å². The molecule has 0 saturated carbocycles. The number of rotatable bonds is 2. The fourth-order valence-electron chi connectivity index (χ4n) is 2.83. The van der Waals surface area contributed by atoms with Gasteiger partial charge in [0.2, 0.25) is 5.65 Å². The highest BCUT2D eigenvalue weighted by atomic mass is 15.5. The van der Waals surface area contributed by atoms with Crippen molar-refractivity contribution in [3.8, 4) is 0 Å². The van der Waals surface area contributed by atoms with Gasteiger partial charge >= 0.3 is 0 Å². The third-order valence-electron chi connectivity index (χ3n) is 3.76. The lowest BCUT2D eigenvalue weighted by Crippen LogP contribution is -2.01. The van der Waals surface area contributed by atoms with E-state index in [1.165, 1.54) is 11.1 Å². The van der Waals surface area contributed by atoms with E-state index in [1.807, 2.05) is 25.1 Å². The molecule has 0 amide bonds. The van der Waals surface area contributed by atoms with Crippen molar-refractivity contribution in [2.24, 2.45) is 0 Å². The summed E-state index contributed by atoms with van der Waals surface area (Å²) in [5.41, 5.74) is 6.87. The van der Waals surface area contributed by atoms with Gasteiger partial charge in [-0.3, -0.25) is 0 Å². The second-order valence-electron chi connectivity index (χ2n) is 5.87. The second kappa shape index (κ2) is 5.01. The Kier molecular flexibility index (Phi) is 2.97. The Labute approximate surface area is 133 Å². The highest BCUT2D eigenvalue weighted by Gasteiger charge is 2.12. The first-order chi connectivity index (χ1) is 11.1. The van der Waals surface area contributed by atoms with Crippen LogP contribution in [0.4, 0.5) is 11.5 Å². The van der Waals surface area contributed by atoms with E-state index in [4.69, 9.17) is 4.98 Å². The van der Waals surface area contributed by atoms with E-state index < -0.39 is 0 Å². The third kappa shape index (κ3) is 2.38. The highest BCUT2D eigenvalue weighted by Crippen LogP contribution is 2.24. The zero-order valence-corrected chi connectivity index (χ0v) is 13.2. The maximum atomic E-state index is 4.70. The number of benzene rings is 2. The summed E-state index contributed by atoms with van der Waals surface area (Å²) in [6.45, 7) is 6.18. The largest absolute Gasteiger partial charge is 0.337 e. The molecule has 0 unspecified atom stereocenters. The normalized spacial score (nSPS) is 11.3.